The zero-order chi connectivity index (χ0) is 16.8. The second kappa shape index (κ2) is 8.05. The molecule has 0 spiro atoms. The van der Waals surface area contributed by atoms with Gasteiger partial charge in [-0.25, -0.2) is 4.21 Å². The molecule has 0 aromatic heterocycles. The van der Waals surface area contributed by atoms with Crippen LogP contribution >= 0.6 is 11.8 Å². The smallest absolute Gasteiger partial charge is 0.284 e. The summed E-state index contributed by atoms with van der Waals surface area (Å²) in [7, 11) is 0. The Bertz CT molecular complexity index is 731. The second-order valence-electron chi connectivity index (χ2n) is 4.58. The van der Waals surface area contributed by atoms with Gasteiger partial charge in [-0.3, -0.25) is 14.2 Å². The van der Waals surface area contributed by atoms with Crippen molar-refractivity contribution < 1.29 is 13.6 Å². The maximum absolute atomic E-state index is 11.4. The third-order valence-corrected chi connectivity index (χ3v) is 4.16. The average Bonchev–Trinajstić information content (AvgIpc) is 2.55. The van der Waals surface area contributed by atoms with Crippen molar-refractivity contribution in [2.45, 2.75) is 6.92 Å². The molecule has 5 nitrogen and oxygen atoms in total. The summed E-state index contributed by atoms with van der Waals surface area (Å²) >= 11 is -1.04. The molecule has 0 aliphatic heterocycles. The van der Waals surface area contributed by atoms with E-state index in [1.165, 1.54) is 18.7 Å². The summed E-state index contributed by atoms with van der Waals surface area (Å²) in [6, 6.07) is 16.4. The van der Waals surface area contributed by atoms with Crippen LogP contribution in [0.5, 0.6) is 0 Å². The van der Waals surface area contributed by atoms with Gasteiger partial charge in [0.1, 0.15) is 0 Å². The van der Waals surface area contributed by atoms with E-state index in [9.17, 15) is 9.00 Å². The van der Waals surface area contributed by atoms with Crippen molar-refractivity contribution in [1.29, 1.82) is 0 Å². The van der Waals surface area contributed by atoms with Crippen LogP contribution in [-0.2, 0) is 11.3 Å². The van der Waals surface area contributed by atoms with Crippen LogP contribution in [0.3, 0.4) is 0 Å². The Balaban J connectivity index is 2.53. The minimum absolute atomic E-state index is 0.0157. The Kier molecular flexibility index (Phi) is 6.09. The van der Waals surface area contributed by atoms with E-state index in [-0.39, 0.29) is 5.78 Å². The van der Waals surface area contributed by atoms with Gasteiger partial charge in [-0.15, -0.1) is 4.40 Å². The number of rotatable bonds is 4. The zero-order valence-corrected chi connectivity index (χ0v) is 14.3. The van der Waals surface area contributed by atoms with Gasteiger partial charge in [0, 0.05) is 16.9 Å². The number of nitrogens with zero attached hydrogens (tertiary/aromatic N) is 2. The molecule has 2 rings (SSSR count). The van der Waals surface area contributed by atoms with E-state index < -0.39 is 11.3 Å². The molecule has 1 unspecified atom stereocenters. The molecule has 0 fully saturated rings. The van der Waals surface area contributed by atoms with Crippen molar-refractivity contribution in [3.05, 3.63) is 60.2 Å². The van der Waals surface area contributed by atoms with Gasteiger partial charge in [-0.05, 0) is 49.6 Å². The minimum atomic E-state index is -2.30. The summed E-state index contributed by atoms with van der Waals surface area (Å²) in [5.74, 6) is -0.0157. The Morgan fingerprint density at radius 3 is 2.13 bits per heavy atom. The number of para-hydroxylation sites is 1. The fourth-order valence-corrected chi connectivity index (χ4v) is 3.13. The molecule has 2 aromatic rings. The molecule has 0 radical (unpaired) electrons. The number of Topliss-reactive ketones (excluding diaryl/α,β-unsaturated/α-hetero) is 1. The van der Waals surface area contributed by atoms with E-state index in [2.05, 4.69) is 4.40 Å². The topological polar surface area (TPSA) is 70.0 Å². The third kappa shape index (κ3) is 4.51. The van der Waals surface area contributed by atoms with Gasteiger partial charge in [0.25, 0.3) is 11.3 Å². The highest BCUT2D eigenvalue weighted by Crippen LogP contribution is 2.29. The van der Waals surface area contributed by atoms with E-state index in [0.29, 0.717) is 10.7 Å². The predicted molar refractivity (Wildman–Crippen MR) is 96.7 cm³/mol. The lowest BCUT2D eigenvalue weighted by Gasteiger charge is -2.25. The summed E-state index contributed by atoms with van der Waals surface area (Å²) in [5.41, 5.74) is 2.16. The lowest BCUT2D eigenvalue weighted by Crippen LogP contribution is -2.23. The summed E-state index contributed by atoms with van der Waals surface area (Å²) in [5, 5.41) is 0.382. The van der Waals surface area contributed by atoms with Crippen molar-refractivity contribution in [2.75, 3.05) is 11.2 Å². The SMILES string of the molecule is CSC(=NS(=O)O)N(c1ccccc1)c1ccc(C(C)=O)cc1. The van der Waals surface area contributed by atoms with Crippen LogP contribution in [0.4, 0.5) is 11.4 Å². The van der Waals surface area contributed by atoms with Crippen molar-refractivity contribution in [2.24, 2.45) is 4.40 Å². The van der Waals surface area contributed by atoms with Crippen molar-refractivity contribution in [3.63, 3.8) is 0 Å². The lowest BCUT2D eigenvalue weighted by molar-refractivity contribution is 0.101. The number of hydrogen-bond acceptors (Lipinski definition) is 3. The average molecular weight is 348 g/mol. The first kappa shape index (κ1) is 17.4. The maximum Gasteiger partial charge on any atom is 0.284 e. The zero-order valence-electron chi connectivity index (χ0n) is 12.7. The van der Waals surface area contributed by atoms with Crippen LogP contribution in [0.15, 0.2) is 59.0 Å². The normalized spacial score (nSPS) is 12.7. The highest BCUT2D eigenvalue weighted by atomic mass is 32.2. The van der Waals surface area contributed by atoms with E-state index in [1.807, 2.05) is 30.3 Å². The Labute approximate surface area is 141 Å². The number of amidine groups is 1. The first-order chi connectivity index (χ1) is 11.0. The number of hydrogen-bond donors (Lipinski definition) is 1. The molecule has 0 saturated carbocycles. The molecule has 7 heteroatoms. The van der Waals surface area contributed by atoms with Gasteiger partial charge in [-0.1, -0.05) is 30.0 Å². The third-order valence-electron chi connectivity index (χ3n) is 3.08. The predicted octanol–water partition coefficient (Wildman–Crippen LogP) is 3.88. The molecular formula is C16H16N2O3S2. The summed E-state index contributed by atoms with van der Waals surface area (Å²) < 4.78 is 24.0. The molecular weight excluding hydrogens is 332 g/mol. The number of carbonyl (C=O) groups excluding carboxylic acids is 1. The van der Waals surface area contributed by atoms with Crippen LogP contribution in [0.25, 0.3) is 0 Å². The van der Waals surface area contributed by atoms with Gasteiger partial charge in [0.15, 0.2) is 11.0 Å². The molecule has 0 aliphatic carbocycles. The monoisotopic (exact) mass is 348 g/mol. The van der Waals surface area contributed by atoms with Crippen molar-refractivity contribution >= 4 is 45.4 Å². The molecule has 0 saturated heterocycles. The lowest BCUT2D eigenvalue weighted by atomic mass is 10.1. The van der Waals surface area contributed by atoms with Gasteiger partial charge >= 0.3 is 0 Å². The van der Waals surface area contributed by atoms with E-state index >= 15 is 0 Å². The molecule has 2 aromatic carbocycles. The van der Waals surface area contributed by atoms with Crippen molar-refractivity contribution in [1.82, 2.24) is 0 Å². The molecule has 1 N–H and O–H groups in total. The molecule has 0 aliphatic rings. The van der Waals surface area contributed by atoms with Gasteiger partial charge in [-0.2, -0.15) is 0 Å². The Morgan fingerprint density at radius 2 is 1.65 bits per heavy atom. The first-order valence-corrected chi connectivity index (χ1v) is 9.01. The van der Waals surface area contributed by atoms with Crippen LogP contribution in [0.2, 0.25) is 0 Å². The quantitative estimate of drug-likeness (QED) is 0.393. The number of ketones is 1. The Morgan fingerprint density at radius 1 is 1.09 bits per heavy atom. The Hall–Kier alpha value is -1.96. The first-order valence-electron chi connectivity index (χ1n) is 6.72. The van der Waals surface area contributed by atoms with Crippen LogP contribution in [-0.4, -0.2) is 26.0 Å². The fourth-order valence-electron chi connectivity index (χ4n) is 2.03. The number of carbonyl (C=O) groups is 1. The van der Waals surface area contributed by atoms with Gasteiger partial charge < -0.3 is 0 Å². The number of thioether (sulfide) groups is 1. The summed E-state index contributed by atoms with van der Waals surface area (Å²) in [4.78, 5) is 13.2. The van der Waals surface area contributed by atoms with E-state index in [0.717, 1.165) is 11.4 Å². The molecule has 0 amide bonds. The molecule has 1 atom stereocenters. The largest absolute Gasteiger partial charge is 0.295 e. The maximum atomic E-state index is 11.4. The minimum Gasteiger partial charge on any atom is -0.295 e. The highest BCUT2D eigenvalue weighted by Gasteiger charge is 2.17. The summed E-state index contributed by atoms with van der Waals surface area (Å²) in [6.45, 7) is 1.51. The fraction of sp³-hybridized carbons (Fsp3) is 0.125. The molecule has 0 bridgehead atoms. The molecule has 0 heterocycles. The number of benzene rings is 2. The van der Waals surface area contributed by atoms with E-state index in [4.69, 9.17) is 4.55 Å². The van der Waals surface area contributed by atoms with Gasteiger partial charge in [0.05, 0.1) is 0 Å². The number of anilines is 2. The second-order valence-corrected chi connectivity index (χ2v) is 6.00. The molecule has 120 valence electrons. The van der Waals surface area contributed by atoms with Crippen molar-refractivity contribution in [3.8, 4) is 0 Å². The van der Waals surface area contributed by atoms with E-state index in [1.54, 1.807) is 35.4 Å². The van der Waals surface area contributed by atoms with Crippen LogP contribution < -0.4 is 4.90 Å². The van der Waals surface area contributed by atoms with Crippen LogP contribution in [0, 0.1) is 0 Å². The van der Waals surface area contributed by atoms with Gasteiger partial charge in [0.2, 0.25) is 0 Å². The standard InChI is InChI=1S/C16H16N2O3S2/c1-12(19)13-8-10-15(11-9-13)18(14-6-4-3-5-7-14)16(22-2)17-23(20)21/h3-11H,1-2H3,(H,20,21). The summed E-state index contributed by atoms with van der Waals surface area (Å²) in [6.07, 6.45) is 1.78. The highest BCUT2D eigenvalue weighted by molar-refractivity contribution is 8.14. The molecule has 23 heavy (non-hydrogen) atoms. The van der Waals surface area contributed by atoms with Crippen LogP contribution in [0.1, 0.15) is 17.3 Å².